The van der Waals surface area contributed by atoms with E-state index in [1.807, 2.05) is 13.3 Å². The maximum Gasteiger partial charge on any atom is 0.0952 e. The van der Waals surface area contributed by atoms with Gasteiger partial charge in [-0.25, -0.2) is 4.98 Å². The average molecular weight is 180 g/mol. The highest BCUT2D eigenvalue weighted by Gasteiger charge is 2.15. The smallest absolute Gasteiger partial charge is 0.0952 e. The summed E-state index contributed by atoms with van der Waals surface area (Å²) in [6.07, 6.45) is 6.35. The monoisotopic (exact) mass is 180 g/mol. The molecular formula is C10H16N2O. The number of aliphatic hydroxyl groups is 1. The quantitative estimate of drug-likeness (QED) is 0.741. The van der Waals surface area contributed by atoms with Gasteiger partial charge in [0.05, 0.1) is 18.1 Å². The van der Waals surface area contributed by atoms with Gasteiger partial charge in [-0.05, 0) is 32.6 Å². The van der Waals surface area contributed by atoms with Gasteiger partial charge in [0.15, 0.2) is 0 Å². The number of aromatic nitrogens is 2. The molecule has 72 valence electrons. The maximum absolute atomic E-state index is 9.28. The minimum atomic E-state index is -0.278. The molecule has 13 heavy (non-hydrogen) atoms. The Morgan fingerprint density at radius 2 is 2.31 bits per heavy atom. The summed E-state index contributed by atoms with van der Waals surface area (Å²) in [6, 6.07) is 0. The molecule has 1 aromatic rings. The van der Waals surface area contributed by atoms with Crippen molar-refractivity contribution in [1.29, 1.82) is 0 Å². The molecule has 0 unspecified atom stereocenters. The molecular weight excluding hydrogens is 164 g/mol. The summed E-state index contributed by atoms with van der Waals surface area (Å²) in [4.78, 5) is 4.36. The topological polar surface area (TPSA) is 38.0 Å². The second-order valence-corrected chi connectivity index (χ2v) is 3.85. The van der Waals surface area contributed by atoms with E-state index >= 15 is 0 Å². The van der Waals surface area contributed by atoms with Gasteiger partial charge in [-0.15, -0.1) is 0 Å². The number of aliphatic hydroxyl groups excluding tert-OH is 1. The van der Waals surface area contributed by atoms with Crippen LogP contribution in [0, 0.1) is 0 Å². The van der Waals surface area contributed by atoms with E-state index in [-0.39, 0.29) is 6.10 Å². The second-order valence-electron chi connectivity index (χ2n) is 3.85. The number of imidazole rings is 1. The predicted molar refractivity (Wildman–Crippen MR) is 50.5 cm³/mol. The Kier molecular flexibility index (Phi) is 2.36. The van der Waals surface area contributed by atoms with Gasteiger partial charge in [-0.3, -0.25) is 0 Å². The van der Waals surface area contributed by atoms with Crippen LogP contribution in [0.5, 0.6) is 0 Å². The van der Waals surface area contributed by atoms with Crippen LogP contribution in [0.25, 0.3) is 0 Å². The van der Waals surface area contributed by atoms with E-state index in [2.05, 4.69) is 9.55 Å². The van der Waals surface area contributed by atoms with Gasteiger partial charge in [0, 0.05) is 12.2 Å². The van der Waals surface area contributed by atoms with Gasteiger partial charge in [-0.2, -0.15) is 0 Å². The summed E-state index contributed by atoms with van der Waals surface area (Å²) >= 11 is 0. The highest BCUT2D eigenvalue weighted by Crippen LogP contribution is 2.19. The Morgan fingerprint density at radius 1 is 1.54 bits per heavy atom. The minimum absolute atomic E-state index is 0.278. The molecule has 0 spiro atoms. The highest BCUT2D eigenvalue weighted by atomic mass is 16.3. The van der Waals surface area contributed by atoms with E-state index in [0.29, 0.717) is 6.54 Å². The zero-order valence-corrected chi connectivity index (χ0v) is 8.03. The molecule has 0 saturated carbocycles. The Morgan fingerprint density at radius 3 is 3.08 bits per heavy atom. The molecule has 0 bridgehead atoms. The zero-order chi connectivity index (χ0) is 9.26. The molecule has 1 atom stereocenters. The summed E-state index contributed by atoms with van der Waals surface area (Å²) < 4.78 is 2.10. The fourth-order valence-corrected chi connectivity index (χ4v) is 1.97. The minimum Gasteiger partial charge on any atom is -0.392 e. The molecule has 0 amide bonds. The molecule has 1 N–H and O–H groups in total. The lowest BCUT2D eigenvalue weighted by Gasteiger charge is -2.14. The number of nitrogens with zero attached hydrogens (tertiary/aromatic N) is 2. The van der Waals surface area contributed by atoms with Gasteiger partial charge in [-0.1, -0.05) is 0 Å². The van der Waals surface area contributed by atoms with Crippen LogP contribution in [-0.2, 0) is 19.4 Å². The molecule has 1 aromatic heterocycles. The molecule has 2 rings (SSSR count). The van der Waals surface area contributed by atoms with Gasteiger partial charge in [0.1, 0.15) is 0 Å². The van der Waals surface area contributed by atoms with Crippen molar-refractivity contribution in [2.45, 2.75) is 45.3 Å². The Balaban J connectivity index is 2.21. The molecule has 0 aliphatic heterocycles. The van der Waals surface area contributed by atoms with Crippen molar-refractivity contribution < 1.29 is 5.11 Å². The van der Waals surface area contributed by atoms with E-state index in [4.69, 9.17) is 0 Å². The maximum atomic E-state index is 9.28. The number of hydrogen-bond donors (Lipinski definition) is 1. The van der Waals surface area contributed by atoms with Gasteiger partial charge >= 0.3 is 0 Å². The van der Waals surface area contributed by atoms with Crippen molar-refractivity contribution in [3.8, 4) is 0 Å². The summed E-state index contributed by atoms with van der Waals surface area (Å²) in [5.41, 5.74) is 2.58. The summed E-state index contributed by atoms with van der Waals surface area (Å²) in [5.74, 6) is 0. The van der Waals surface area contributed by atoms with E-state index in [1.54, 1.807) is 0 Å². The molecule has 1 aliphatic rings. The van der Waals surface area contributed by atoms with Crippen molar-refractivity contribution in [2.24, 2.45) is 0 Å². The first-order chi connectivity index (χ1) is 6.27. The molecule has 0 radical (unpaired) electrons. The standard InChI is InChI=1S/C10H16N2O/c1-8(13)6-12-7-11-9-4-2-3-5-10(9)12/h7-8,13H,2-6H2,1H3/t8-/m0/s1. The van der Waals surface area contributed by atoms with E-state index in [1.165, 1.54) is 24.2 Å². The third kappa shape index (κ3) is 1.75. The van der Waals surface area contributed by atoms with Crippen molar-refractivity contribution in [1.82, 2.24) is 9.55 Å². The Hall–Kier alpha value is -0.830. The third-order valence-electron chi connectivity index (χ3n) is 2.57. The first-order valence-corrected chi connectivity index (χ1v) is 4.98. The summed E-state index contributed by atoms with van der Waals surface area (Å²) in [7, 11) is 0. The van der Waals surface area contributed by atoms with Crippen LogP contribution in [0.15, 0.2) is 6.33 Å². The van der Waals surface area contributed by atoms with Crippen molar-refractivity contribution >= 4 is 0 Å². The SMILES string of the molecule is C[C@H](O)Cn1cnc2c1CCCC2. The molecule has 1 aliphatic carbocycles. The first kappa shape index (κ1) is 8.75. The number of fused-ring (bicyclic) bond motifs is 1. The fourth-order valence-electron chi connectivity index (χ4n) is 1.97. The predicted octanol–water partition coefficient (Wildman–Crippen LogP) is 1.14. The lowest BCUT2D eigenvalue weighted by atomic mass is 10.0. The van der Waals surface area contributed by atoms with E-state index in [9.17, 15) is 5.11 Å². The molecule has 0 fully saturated rings. The second kappa shape index (κ2) is 3.50. The van der Waals surface area contributed by atoms with Crippen molar-refractivity contribution in [3.63, 3.8) is 0 Å². The first-order valence-electron chi connectivity index (χ1n) is 4.98. The van der Waals surface area contributed by atoms with E-state index in [0.717, 1.165) is 12.8 Å². The molecule has 0 aromatic carbocycles. The fraction of sp³-hybridized carbons (Fsp3) is 0.700. The van der Waals surface area contributed by atoms with Crippen LogP contribution in [0.1, 0.15) is 31.2 Å². The molecule has 1 heterocycles. The van der Waals surface area contributed by atoms with Crippen molar-refractivity contribution in [3.05, 3.63) is 17.7 Å². The molecule has 3 nitrogen and oxygen atoms in total. The Bertz CT molecular complexity index is 291. The number of rotatable bonds is 2. The van der Waals surface area contributed by atoms with Gasteiger partial charge in [0.2, 0.25) is 0 Å². The summed E-state index contributed by atoms with van der Waals surface area (Å²) in [6.45, 7) is 2.50. The molecule has 3 heteroatoms. The van der Waals surface area contributed by atoms with Crippen LogP contribution in [0.2, 0.25) is 0 Å². The van der Waals surface area contributed by atoms with Crippen LogP contribution in [0.3, 0.4) is 0 Å². The largest absolute Gasteiger partial charge is 0.392 e. The van der Waals surface area contributed by atoms with Crippen LogP contribution >= 0.6 is 0 Å². The number of hydrogen-bond acceptors (Lipinski definition) is 2. The van der Waals surface area contributed by atoms with Crippen LogP contribution in [-0.4, -0.2) is 20.8 Å². The van der Waals surface area contributed by atoms with E-state index < -0.39 is 0 Å². The zero-order valence-electron chi connectivity index (χ0n) is 8.03. The van der Waals surface area contributed by atoms with Gasteiger partial charge < -0.3 is 9.67 Å². The van der Waals surface area contributed by atoms with Crippen LogP contribution in [0.4, 0.5) is 0 Å². The summed E-state index contributed by atoms with van der Waals surface area (Å²) in [5, 5.41) is 9.28. The van der Waals surface area contributed by atoms with Gasteiger partial charge in [0.25, 0.3) is 0 Å². The average Bonchev–Trinajstić information content (AvgIpc) is 2.48. The van der Waals surface area contributed by atoms with Crippen molar-refractivity contribution in [2.75, 3.05) is 0 Å². The normalized spacial score (nSPS) is 18.3. The lowest BCUT2D eigenvalue weighted by molar-refractivity contribution is 0.172. The van der Waals surface area contributed by atoms with Crippen LogP contribution < -0.4 is 0 Å². The lowest BCUT2D eigenvalue weighted by Crippen LogP contribution is -2.15. The molecule has 0 saturated heterocycles. The highest BCUT2D eigenvalue weighted by molar-refractivity contribution is 5.16. The Labute approximate surface area is 78.4 Å². The third-order valence-corrected chi connectivity index (χ3v) is 2.57. The number of aryl methyl sites for hydroxylation is 1.